The number of rotatable bonds is 2. The van der Waals surface area contributed by atoms with E-state index >= 15 is 0 Å². The van der Waals surface area contributed by atoms with Crippen LogP contribution in [0.15, 0.2) is 41.1 Å². The van der Waals surface area contributed by atoms with Crippen LogP contribution in [0.3, 0.4) is 0 Å². The number of fused-ring (bicyclic) bond motifs is 1. The van der Waals surface area contributed by atoms with Gasteiger partial charge in [0.2, 0.25) is 5.91 Å². The molecule has 1 aromatic carbocycles. The molecular weight excluding hydrogens is 332 g/mol. The Bertz CT molecular complexity index is 1010. The molecule has 0 spiro atoms. The summed E-state index contributed by atoms with van der Waals surface area (Å²) >= 11 is 0. The van der Waals surface area contributed by atoms with Crippen molar-refractivity contribution in [2.45, 2.75) is 19.9 Å². The molecule has 1 aliphatic heterocycles. The molecular formula is C19H18N4O3. The van der Waals surface area contributed by atoms with Gasteiger partial charge in [-0.15, -0.1) is 0 Å². The van der Waals surface area contributed by atoms with Gasteiger partial charge in [0.25, 0.3) is 11.6 Å². The van der Waals surface area contributed by atoms with Crippen LogP contribution in [0, 0.1) is 13.8 Å². The Kier molecular flexibility index (Phi) is 3.91. The maximum absolute atomic E-state index is 13.2. The summed E-state index contributed by atoms with van der Waals surface area (Å²) in [5.41, 5.74) is 3.28. The summed E-state index contributed by atoms with van der Waals surface area (Å²) in [7, 11) is 0. The normalized spacial score (nSPS) is 17.4. The number of nitrogens with zero attached hydrogens (tertiary/aromatic N) is 3. The van der Waals surface area contributed by atoms with Crippen molar-refractivity contribution < 1.29 is 14.1 Å². The van der Waals surface area contributed by atoms with Gasteiger partial charge in [0, 0.05) is 19.3 Å². The van der Waals surface area contributed by atoms with Crippen molar-refractivity contribution in [1.82, 2.24) is 20.4 Å². The van der Waals surface area contributed by atoms with E-state index in [-0.39, 0.29) is 11.8 Å². The number of pyridine rings is 1. The zero-order valence-electron chi connectivity index (χ0n) is 14.5. The molecule has 1 atom stereocenters. The van der Waals surface area contributed by atoms with Gasteiger partial charge in [-0.2, -0.15) is 0 Å². The smallest absolute Gasteiger partial charge is 0.257 e. The quantitative estimate of drug-likeness (QED) is 0.765. The van der Waals surface area contributed by atoms with E-state index in [0.717, 1.165) is 11.1 Å². The molecule has 3 aromatic rings. The van der Waals surface area contributed by atoms with Crippen molar-refractivity contribution in [3.05, 3.63) is 58.9 Å². The van der Waals surface area contributed by atoms with E-state index in [1.54, 1.807) is 17.9 Å². The van der Waals surface area contributed by atoms with E-state index in [9.17, 15) is 9.59 Å². The molecule has 132 valence electrons. The van der Waals surface area contributed by atoms with E-state index in [2.05, 4.69) is 15.5 Å². The molecule has 26 heavy (non-hydrogen) atoms. The first-order valence-electron chi connectivity index (χ1n) is 8.42. The van der Waals surface area contributed by atoms with Gasteiger partial charge in [-0.25, -0.2) is 4.98 Å². The minimum Gasteiger partial charge on any atom is -0.352 e. The lowest BCUT2D eigenvalue weighted by atomic mass is 9.97. The SMILES string of the molecule is Cc1ccccc1C1C(=O)NCCN1C(=O)c1cnc2onc(C)c2c1. The van der Waals surface area contributed by atoms with Gasteiger partial charge in [-0.1, -0.05) is 29.4 Å². The predicted molar refractivity (Wildman–Crippen MR) is 94.5 cm³/mol. The first kappa shape index (κ1) is 16.3. The number of amides is 2. The van der Waals surface area contributed by atoms with Gasteiger partial charge in [0.1, 0.15) is 6.04 Å². The Balaban J connectivity index is 1.75. The molecule has 0 aliphatic carbocycles. The Labute approximate surface area is 150 Å². The largest absolute Gasteiger partial charge is 0.352 e. The Morgan fingerprint density at radius 3 is 2.92 bits per heavy atom. The van der Waals surface area contributed by atoms with Crippen LogP contribution in [0.4, 0.5) is 0 Å². The van der Waals surface area contributed by atoms with Crippen LogP contribution in [-0.4, -0.2) is 39.9 Å². The molecule has 2 aromatic heterocycles. The van der Waals surface area contributed by atoms with Crippen LogP contribution < -0.4 is 5.32 Å². The molecule has 7 heteroatoms. The molecule has 0 bridgehead atoms. The van der Waals surface area contributed by atoms with Crippen molar-refractivity contribution in [2.75, 3.05) is 13.1 Å². The van der Waals surface area contributed by atoms with Crippen LogP contribution in [0.2, 0.25) is 0 Å². The number of aryl methyl sites for hydroxylation is 2. The summed E-state index contributed by atoms with van der Waals surface area (Å²) in [4.78, 5) is 31.5. The molecule has 1 fully saturated rings. The van der Waals surface area contributed by atoms with Crippen LogP contribution in [-0.2, 0) is 4.79 Å². The van der Waals surface area contributed by atoms with E-state index < -0.39 is 6.04 Å². The number of aromatic nitrogens is 2. The number of piperazine rings is 1. The van der Waals surface area contributed by atoms with Crippen LogP contribution in [0.25, 0.3) is 11.1 Å². The second-order valence-electron chi connectivity index (χ2n) is 6.39. The molecule has 0 radical (unpaired) electrons. The van der Waals surface area contributed by atoms with Crippen molar-refractivity contribution >= 4 is 22.9 Å². The molecule has 1 aliphatic rings. The highest BCUT2D eigenvalue weighted by Gasteiger charge is 2.35. The van der Waals surface area contributed by atoms with Crippen molar-refractivity contribution in [2.24, 2.45) is 0 Å². The van der Waals surface area contributed by atoms with Gasteiger partial charge in [0.15, 0.2) is 0 Å². The van der Waals surface area contributed by atoms with Crippen LogP contribution in [0.1, 0.15) is 33.2 Å². The standard InChI is InChI=1S/C19H18N4O3/c1-11-5-3-4-6-14(11)16-17(24)20-7-8-23(16)19(25)13-9-15-12(2)22-26-18(15)21-10-13/h3-6,9-10,16H,7-8H2,1-2H3,(H,20,24). The van der Waals surface area contributed by atoms with E-state index in [0.29, 0.717) is 35.4 Å². The summed E-state index contributed by atoms with van der Waals surface area (Å²) in [5, 5.41) is 7.42. The van der Waals surface area contributed by atoms with E-state index in [1.165, 1.54) is 6.20 Å². The fourth-order valence-electron chi connectivity index (χ4n) is 3.32. The highest BCUT2D eigenvalue weighted by Crippen LogP contribution is 2.28. The van der Waals surface area contributed by atoms with Gasteiger partial charge < -0.3 is 14.7 Å². The predicted octanol–water partition coefficient (Wildman–Crippen LogP) is 2.15. The van der Waals surface area contributed by atoms with Crippen LogP contribution in [0.5, 0.6) is 0 Å². The number of benzene rings is 1. The second kappa shape index (κ2) is 6.25. The Hall–Kier alpha value is -3.22. The molecule has 1 N–H and O–H groups in total. The monoisotopic (exact) mass is 350 g/mol. The lowest BCUT2D eigenvalue weighted by molar-refractivity contribution is -0.128. The first-order valence-corrected chi connectivity index (χ1v) is 8.42. The first-order chi connectivity index (χ1) is 12.6. The third-order valence-corrected chi connectivity index (χ3v) is 4.71. The zero-order valence-corrected chi connectivity index (χ0v) is 14.5. The maximum Gasteiger partial charge on any atom is 0.257 e. The summed E-state index contributed by atoms with van der Waals surface area (Å²) in [6, 6.07) is 8.68. The lowest BCUT2D eigenvalue weighted by Crippen LogP contribution is -2.52. The van der Waals surface area contributed by atoms with Gasteiger partial charge in [-0.05, 0) is 31.0 Å². The third kappa shape index (κ3) is 2.61. The summed E-state index contributed by atoms with van der Waals surface area (Å²) in [6.45, 7) is 4.60. The van der Waals surface area contributed by atoms with Gasteiger partial charge in [-0.3, -0.25) is 9.59 Å². The summed E-state index contributed by atoms with van der Waals surface area (Å²) < 4.78 is 5.10. The minimum atomic E-state index is -0.656. The van der Waals surface area contributed by atoms with E-state index in [1.807, 2.05) is 31.2 Å². The van der Waals surface area contributed by atoms with Crippen molar-refractivity contribution in [3.63, 3.8) is 0 Å². The molecule has 1 saturated heterocycles. The zero-order chi connectivity index (χ0) is 18.3. The highest BCUT2D eigenvalue weighted by atomic mass is 16.5. The fourth-order valence-corrected chi connectivity index (χ4v) is 3.32. The average Bonchev–Trinajstić information content (AvgIpc) is 3.02. The minimum absolute atomic E-state index is 0.172. The fraction of sp³-hybridized carbons (Fsp3) is 0.263. The lowest BCUT2D eigenvalue weighted by Gasteiger charge is -2.36. The van der Waals surface area contributed by atoms with Crippen molar-refractivity contribution in [3.8, 4) is 0 Å². The molecule has 4 rings (SSSR count). The Morgan fingerprint density at radius 2 is 2.12 bits per heavy atom. The molecule has 1 unspecified atom stereocenters. The summed E-state index contributed by atoms with van der Waals surface area (Å²) in [5.74, 6) is -0.405. The van der Waals surface area contributed by atoms with Crippen LogP contribution >= 0.6 is 0 Å². The number of hydrogen-bond donors (Lipinski definition) is 1. The van der Waals surface area contributed by atoms with Gasteiger partial charge in [0.05, 0.1) is 16.6 Å². The van der Waals surface area contributed by atoms with Crippen molar-refractivity contribution in [1.29, 1.82) is 0 Å². The topological polar surface area (TPSA) is 88.3 Å². The average molecular weight is 350 g/mol. The highest BCUT2D eigenvalue weighted by molar-refractivity contribution is 6.00. The molecule has 2 amide bonds. The molecule has 3 heterocycles. The van der Waals surface area contributed by atoms with E-state index in [4.69, 9.17) is 4.52 Å². The third-order valence-electron chi connectivity index (χ3n) is 4.71. The number of nitrogens with one attached hydrogen (secondary N) is 1. The molecule has 0 saturated carbocycles. The Morgan fingerprint density at radius 1 is 1.31 bits per heavy atom. The number of hydrogen-bond acceptors (Lipinski definition) is 5. The number of carbonyl (C=O) groups is 2. The maximum atomic E-state index is 13.2. The second-order valence-corrected chi connectivity index (χ2v) is 6.39. The van der Waals surface area contributed by atoms with Gasteiger partial charge >= 0.3 is 0 Å². The number of carbonyl (C=O) groups excluding carboxylic acids is 2. The molecule has 7 nitrogen and oxygen atoms in total. The summed E-state index contributed by atoms with van der Waals surface area (Å²) in [6.07, 6.45) is 1.47.